The summed E-state index contributed by atoms with van der Waals surface area (Å²) in [5, 5.41) is 19.5. The first-order valence-corrected chi connectivity index (χ1v) is 7.49. The van der Waals surface area contributed by atoms with E-state index in [-0.39, 0.29) is 34.0 Å². The van der Waals surface area contributed by atoms with Crippen molar-refractivity contribution in [3.63, 3.8) is 0 Å². The van der Waals surface area contributed by atoms with Crippen LogP contribution in [0.4, 0.5) is 5.69 Å². The monoisotopic (exact) mass is 317 g/mol. The van der Waals surface area contributed by atoms with Crippen LogP contribution >= 0.6 is 11.6 Å². The highest BCUT2D eigenvalue weighted by atomic mass is 35.5. The molecule has 0 aliphatic carbocycles. The zero-order chi connectivity index (χ0) is 15.9. The third-order valence-corrected chi connectivity index (χ3v) is 4.34. The SMILES string of the molecule is C[C@@H]1CCc2ccccc2N1C(=O)c1cc(Cl)c(O)cc1O. The van der Waals surface area contributed by atoms with Crippen LogP contribution in [-0.2, 0) is 6.42 Å². The van der Waals surface area contributed by atoms with E-state index in [1.807, 2.05) is 31.2 Å². The summed E-state index contributed by atoms with van der Waals surface area (Å²) < 4.78 is 0. The number of rotatable bonds is 1. The Balaban J connectivity index is 2.07. The molecule has 1 aliphatic rings. The van der Waals surface area contributed by atoms with Crippen molar-refractivity contribution >= 4 is 23.2 Å². The molecule has 114 valence electrons. The summed E-state index contributed by atoms with van der Waals surface area (Å²) in [6.07, 6.45) is 1.78. The minimum Gasteiger partial charge on any atom is -0.507 e. The number of nitrogens with zero attached hydrogens (tertiary/aromatic N) is 1. The highest BCUT2D eigenvalue weighted by Crippen LogP contribution is 2.36. The lowest BCUT2D eigenvalue weighted by molar-refractivity contribution is 0.0972. The first-order valence-electron chi connectivity index (χ1n) is 7.12. The Kier molecular flexibility index (Phi) is 3.71. The molecule has 2 N–H and O–H groups in total. The van der Waals surface area contributed by atoms with Crippen LogP contribution in [0.5, 0.6) is 11.5 Å². The van der Waals surface area contributed by atoms with E-state index in [0.29, 0.717) is 0 Å². The number of aromatic hydroxyl groups is 2. The number of fused-ring (bicyclic) bond motifs is 1. The number of hydrogen-bond donors (Lipinski definition) is 2. The molecule has 1 aliphatic heterocycles. The number of halogens is 1. The Labute approximate surface area is 133 Å². The van der Waals surface area contributed by atoms with E-state index in [1.54, 1.807) is 4.90 Å². The number of para-hydroxylation sites is 1. The van der Waals surface area contributed by atoms with Gasteiger partial charge in [-0.1, -0.05) is 29.8 Å². The molecular weight excluding hydrogens is 302 g/mol. The highest BCUT2D eigenvalue weighted by Gasteiger charge is 2.30. The van der Waals surface area contributed by atoms with Crippen molar-refractivity contribution in [2.24, 2.45) is 0 Å². The summed E-state index contributed by atoms with van der Waals surface area (Å²) >= 11 is 5.87. The number of phenolic OH excluding ortho intramolecular Hbond substituents is 2. The van der Waals surface area contributed by atoms with Crippen LogP contribution in [0.1, 0.15) is 29.3 Å². The quantitative estimate of drug-likeness (QED) is 0.842. The van der Waals surface area contributed by atoms with E-state index in [1.165, 1.54) is 6.07 Å². The molecule has 1 amide bonds. The fraction of sp³-hybridized carbons (Fsp3) is 0.235. The van der Waals surface area contributed by atoms with Gasteiger partial charge in [-0.2, -0.15) is 0 Å². The molecule has 0 radical (unpaired) electrons. The van der Waals surface area contributed by atoms with E-state index in [0.717, 1.165) is 30.2 Å². The molecular formula is C17H16ClNO3. The average molecular weight is 318 g/mol. The molecule has 0 bridgehead atoms. The van der Waals surface area contributed by atoms with Gasteiger partial charge in [0.1, 0.15) is 11.5 Å². The van der Waals surface area contributed by atoms with Gasteiger partial charge in [-0.15, -0.1) is 0 Å². The number of carbonyl (C=O) groups excluding carboxylic acids is 1. The van der Waals surface area contributed by atoms with Crippen molar-refractivity contribution in [2.45, 2.75) is 25.8 Å². The molecule has 0 saturated heterocycles. The molecule has 5 heteroatoms. The van der Waals surface area contributed by atoms with Crippen molar-refractivity contribution < 1.29 is 15.0 Å². The predicted molar refractivity (Wildman–Crippen MR) is 85.8 cm³/mol. The molecule has 0 saturated carbocycles. The van der Waals surface area contributed by atoms with Crippen molar-refractivity contribution in [3.8, 4) is 11.5 Å². The first-order chi connectivity index (χ1) is 10.5. The Bertz CT molecular complexity index is 745. The molecule has 0 aromatic heterocycles. The largest absolute Gasteiger partial charge is 0.507 e. The van der Waals surface area contributed by atoms with Crippen LogP contribution in [0.2, 0.25) is 5.02 Å². The predicted octanol–water partition coefficient (Wildman–Crippen LogP) is 3.73. The number of benzene rings is 2. The molecule has 3 rings (SSSR count). The van der Waals surface area contributed by atoms with Crippen LogP contribution in [0, 0.1) is 0 Å². The highest BCUT2D eigenvalue weighted by molar-refractivity contribution is 6.32. The first kappa shape index (κ1) is 14.7. The molecule has 1 heterocycles. The zero-order valence-corrected chi connectivity index (χ0v) is 12.8. The molecule has 0 fully saturated rings. The number of carbonyl (C=O) groups is 1. The van der Waals surface area contributed by atoms with E-state index >= 15 is 0 Å². The van der Waals surface area contributed by atoms with Crippen molar-refractivity contribution in [1.82, 2.24) is 0 Å². The van der Waals surface area contributed by atoms with Gasteiger partial charge in [-0.25, -0.2) is 0 Å². The maximum Gasteiger partial charge on any atom is 0.262 e. The van der Waals surface area contributed by atoms with Crippen LogP contribution in [0.25, 0.3) is 0 Å². The standard InChI is InChI=1S/C17H16ClNO3/c1-10-6-7-11-4-2-3-5-14(11)19(10)17(22)12-8-13(18)16(21)9-15(12)20/h2-5,8-10,20-21H,6-7H2,1H3/t10-/m1/s1. The molecule has 1 atom stereocenters. The maximum absolute atomic E-state index is 12.9. The number of anilines is 1. The average Bonchev–Trinajstić information content (AvgIpc) is 2.50. The van der Waals surface area contributed by atoms with Gasteiger partial charge in [-0.3, -0.25) is 4.79 Å². The molecule has 2 aromatic carbocycles. The Morgan fingerprint density at radius 2 is 1.95 bits per heavy atom. The molecule has 0 spiro atoms. The minimum absolute atomic E-state index is 0.0226. The van der Waals surface area contributed by atoms with Crippen LogP contribution < -0.4 is 4.90 Å². The van der Waals surface area contributed by atoms with Crippen LogP contribution in [0.15, 0.2) is 36.4 Å². The molecule has 4 nitrogen and oxygen atoms in total. The van der Waals surface area contributed by atoms with Gasteiger partial charge in [-0.05, 0) is 37.5 Å². The number of aryl methyl sites for hydroxylation is 1. The van der Waals surface area contributed by atoms with Gasteiger partial charge < -0.3 is 15.1 Å². The normalized spacial score (nSPS) is 17.2. The van der Waals surface area contributed by atoms with Gasteiger partial charge in [0, 0.05) is 17.8 Å². The van der Waals surface area contributed by atoms with Crippen molar-refractivity contribution in [3.05, 3.63) is 52.5 Å². The van der Waals surface area contributed by atoms with E-state index < -0.39 is 0 Å². The summed E-state index contributed by atoms with van der Waals surface area (Å²) in [6, 6.07) is 10.2. The van der Waals surface area contributed by atoms with Gasteiger partial charge in [0.25, 0.3) is 5.91 Å². The lowest BCUT2D eigenvalue weighted by Crippen LogP contribution is -2.42. The Morgan fingerprint density at radius 1 is 1.23 bits per heavy atom. The second kappa shape index (κ2) is 5.54. The Morgan fingerprint density at radius 3 is 2.73 bits per heavy atom. The summed E-state index contributed by atoms with van der Waals surface area (Å²) in [5.41, 5.74) is 2.06. The molecule has 22 heavy (non-hydrogen) atoms. The van der Waals surface area contributed by atoms with Gasteiger partial charge in [0.15, 0.2) is 0 Å². The Hall–Kier alpha value is -2.20. The summed E-state index contributed by atoms with van der Waals surface area (Å²) in [4.78, 5) is 14.6. The second-order valence-corrected chi connectivity index (χ2v) is 5.92. The lowest BCUT2D eigenvalue weighted by atomic mass is 9.95. The van der Waals surface area contributed by atoms with Gasteiger partial charge in [0.05, 0.1) is 10.6 Å². The van der Waals surface area contributed by atoms with Gasteiger partial charge >= 0.3 is 0 Å². The zero-order valence-electron chi connectivity index (χ0n) is 12.1. The fourth-order valence-electron chi connectivity index (χ4n) is 2.85. The number of phenols is 2. The molecule has 0 unspecified atom stereocenters. The van der Waals surface area contributed by atoms with Crippen molar-refractivity contribution in [1.29, 1.82) is 0 Å². The maximum atomic E-state index is 12.9. The van der Waals surface area contributed by atoms with Crippen LogP contribution in [0.3, 0.4) is 0 Å². The number of hydrogen-bond acceptors (Lipinski definition) is 3. The molecule has 2 aromatic rings. The summed E-state index contributed by atoms with van der Waals surface area (Å²) in [5.74, 6) is -0.844. The second-order valence-electron chi connectivity index (χ2n) is 5.51. The van der Waals surface area contributed by atoms with E-state index in [2.05, 4.69) is 0 Å². The fourth-order valence-corrected chi connectivity index (χ4v) is 3.01. The summed E-state index contributed by atoms with van der Waals surface area (Å²) in [6.45, 7) is 1.98. The number of amides is 1. The smallest absolute Gasteiger partial charge is 0.262 e. The van der Waals surface area contributed by atoms with E-state index in [4.69, 9.17) is 11.6 Å². The lowest BCUT2D eigenvalue weighted by Gasteiger charge is -2.35. The third kappa shape index (κ3) is 2.40. The van der Waals surface area contributed by atoms with Crippen molar-refractivity contribution in [2.75, 3.05) is 4.90 Å². The van der Waals surface area contributed by atoms with Crippen LogP contribution in [-0.4, -0.2) is 22.2 Å². The van der Waals surface area contributed by atoms with Gasteiger partial charge in [0.2, 0.25) is 0 Å². The third-order valence-electron chi connectivity index (χ3n) is 4.04. The summed E-state index contributed by atoms with van der Waals surface area (Å²) in [7, 11) is 0. The minimum atomic E-state index is -0.320. The van der Waals surface area contributed by atoms with E-state index in [9.17, 15) is 15.0 Å². The topological polar surface area (TPSA) is 60.8 Å².